The van der Waals surface area contributed by atoms with Crippen molar-refractivity contribution in [3.8, 4) is 0 Å². The molecule has 2 rings (SSSR count). The number of hydrogen-bond acceptors (Lipinski definition) is 5. The molecule has 0 atom stereocenters. The first kappa shape index (κ1) is 13.3. The lowest BCUT2D eigenvalue weighted by Gasteiger charge is -2.36. The van der Waals surface area contributed by atoms with Crippen LogP contribution in [0.25, 0.3) is 0 Å². The molecule has 1 aliphatic rings. The minimum absolute atomic E-state index is 0.116. The molecule has 3 N–H and O–H groups in total. The summed E-state index contributed by atoms with van der Waals surface area (Å²) >= 11 is 0. The number of carbonyl (C=O) groups is 1. The summed E-state index contributed by atoms with van der Waals surface area (Å²) < 4.78 is 0. The highest BCUT2D eigenvalue weighted by Gasteiger charge is 2.35. The molecule has 0 aliphatic heterocycles. The Bertz CT molecular complexity index is 525. The van der Waals surface area contributed by atoms with Crippen molar-refractivity contribution in [1.82, 2.24) is 0 Å². The molecule has 19 heavy (non-hydrogen) atoms. The van der Waals surface area contributed by atoms with Crippen molar-refractivity contribution in [3.05, 3.63) is 33.9 Å². The standard InChI is InChI=1S/C12H14N2O5/c15-11(16)8-3-1-4-9(10(8)14(18)19)13-7-12(17)5-2-6-12/h1,3-4,13,17H,2,5-7H2,(H,15,16). The summed E-state index contributed by atoms with van der Waals surface area (Å²) in [5.41, 5.74) is -1.56. The van der Waals surface area contributed by atoms with Gasteiger partial charge in [0.05, 0.1) is 10.5 Å². The van der Waals surface area contributed by atoms with E-state index in [1.54, 1.807) is 0 Å². The van der Waals surface area contributed by atoms with Crippen LogP contribution in [0.2, 0.25) is 0 Å². The molecule has 0 saturated heterocycles. The average Bonchev–Trinajstić information content (AvgIpc) is 2.33. The summed E-state index contributed by atoms with van der Waals surface area (Å²) in [6, 6.07) is 4.06. The van der Waals surface area contributed by atoms with E-state index in [1.807, 2.05) is 0 Å². The van der Waals surface area contributed by atoms with Gasteiger partial charge in [-0.25, -0.2) is 4.79 Å². The van der Waals surface area contributed by atoms with E-state index in [1.165, 1.54) is 18.2 Å². The number of carboxylic acid groups (broad SMARTS) is 1. The maximum atomic E-state index is 11.0. The Kier molecular flexibility index (Phi) is 3.39. The molecule has 0 radical (unpaired) electrons. The molecule has 7 nitrogen and oxygen atoms in total. The van der Waals surface area contributed by atoms with Gasteiger partial charge >= 0.3 is 11.7 Å². The fraction of sp³-hybridized carbons (Fsp3) is 0.417. The quantitative estimate of drug-likeness (QED) is 0.551. The van der Waals surface area contributed by atoms with Gasteiger partial charge in [0.2, 0.25) is 0 Å². The highest BCUT2D eigenvalue weighted by molar-refractivity contribution is 5.95. The van der Waals surface area contributed by atoms with Crippen LogP contribution in [0.5, 0.6) is 0 Å². The van der Waals surface area contributed by atoms with Crippen molar-refractivity contribution in [2.24, 2.45) is 0 Å². The molecule has 0 spiro atoms. The number of nitro benzene ring substituents is 1. The summed E-state index contributed by atoms with van der Waals surface area (Å²) in [5, 5.41) is 32.6. The zero-order valence-electron chi connectivity index (χ0n) is 10.1. The number of nitrogens with one attached hydrogen (secondary N) is 1. The van der Waals surface area contributed by atoms with Crippen molar-refractivity contribution >= 4 is 17.3 Å². The van der Waals surface area contributed by atoms with Gasteiger partial charge in [0.1, 0.15) is 11.3 Å². The molecule has 0 amide bonds. The van der Waals surface area contributed by atoms with Gasteiger partial charge in [-0.2, -0.15) is 0 Å². The lowest BCUT2D eigenvalue weighted by atomic mass is 9.80. The van der Waals surface area contributed by atoms with Gasteiger partial charge in [0.15, 0.2) is 0 Å². The van der Waals surface area contributed by atoms with Crippen LogP contribution >= 0.6 is 0 Å². The number of nitro groups is 1. The number of benzene rings is 1. The van der Waals surface area contributed by atoms with Gasteiger partial charge in [-0.3, -0.25) is 10.1 Å². The predicted octanol–water partition coefficient (Wildman–Crippen LogP) is 1.62. The number of aliphatic hydroxyl groups is 1. The van der Waals surface area contributed by atoms with E-state index >= 15 is 0 Å². The second-order valence-corrected chi connectivity index (χ2v) is 4.70. The summed E-state index contributed by atoms with van der Waals surface area (Å²) in [6.45, 7) is 0.177. The maximum absolute atomic E-state index is 11.0. The van der Waals surface area contributed by atoms with Crippen LogP contribution in [0.15, 0.2) is 18.2 Å². The van der Waals surface area contributed by atoms with E-state index in [0.717, 1.165) is 6.42 Å². The van der Waals surface area contributed by atoms with E-state index in [4.69, 9.17) is 5.11 Å². The minimum atomic E-state index is -1.35. The maximum Gasteiger partial charge on any atom is 0.342 e. The third-order valence-corrected chi connectivity index (χ3v) is 3.34. The van der Waals surface area contributed by atoms with Crippen molar-refractivity contribution in [2.45, 2.75) is 24.9 Å². The lowest BCUT2D eigenvalue weighted by Crippen LogP contribution is -2.43. The molecule has 1 aromatic rings. The number of carboxylic acids is 1. The van der Waals surface area contributed by atoms with Gasteiger partial charge in [-0.1, -0.05) is 6.07 Å². The molecular formula is C12H14N2O5. The zero-order chi connectivity index (χ0) is 14.0. The molecule has 1 saturated carbocycles. The molecular weight excluding hydrogens is 252 g/mol. The van der Waals surface area contributed by atoms with Crippen LogP contribution < -0.4 is 5.32 Å². The fourth-order valence-corrected chi connectivity index (χ4v) is 2.08. The fourth-order valence-electron chi connectivity index (χ4n) is 2.08. The number of para-hydroxylation sites is 1. The van der Waals surface area contributed by atoms with Crippen LogP contribution in [0.3, 0.4) is 0 Å². The zero-order valence-corrected chi connectivity index (χ0v) is 10.1. The Morgan fingerprint density at radius 1 is 1.47 bits per heavy atom. The van der Waals surface area contributed by atoms with Crippen LogP contribution in [0, 0.1) is 10.1 Å². The number of anilines is 1. The third-order valence-electron chi connectivity index (χ3n) is 3.34. The SMILES string of the molecule is O=C(O)c1cccc(NCC2(O)CCC2)c1[N+](=O)[O-]. The highest BCUT2D eigenvalue weighted by Crippen LogP contribution is 2.34. The van der Waals surface area contributed by atoms with Gasteiger partial charge in [-0.15, -0.1) is 0 Å². The molecule has 102 valence electrons. The smallest absolute Gasteiger partial charge is 0.342 e. The first-order valence-corrected chi connectivity index (χ1v) is 5.90. The Labute approximate surface area is 109 Å². The lowest BCUT2D eigenvalue weighted by molar-refractivity contribution is -0.384. The summed E-state index contributed by atoms with van der Waals surface area (Å²) in [4.78, 5) is 21.2. The number of rotatable bonds is 5. The number of aromatic carboxylic acids is 1. The summed E-state index contributed by atoms with van der Waals surface area (Å²) in [7, 11) is 0. The molecule has 0 aromatic heterocycles. The van der Waals surface area contributed by atoms with Gasteiger partial charge in [-0.05, 0) is 31.4 Å². The topological polar surface area (TPSA) is 113 Å². The Morgan fingerprint density at radius 2 is 2.16 bits per heavy atom. The van der Waals surface area contributed by atoms with E-state index in [2.05, 4.69) is 5.32 Å². The van der Waals surface area contributed by atoms with Gasteiger partial charge in [0.25, 0.3) is 0 Å². The molecule has 7 heteroatoms. The molecule has 0 bridgehead atoms. The molecule has 1 aliphatic carbocycles. The summed E-state index contributed by atoms with van der Waals surface area (Å²) in [6.07, 6.45) is 2.22. The second-order valence-electron chi connectivity index (χ2n) is 4.70. The second kappa shape index (κ2) is 4.85. The first-order valence-electron chi connectivity index (χ1n) is 5.90. The van der Waals surface area contributed by atoms with Crippen LogP contribution in [0.4, 0.5) is 11.4 Å². The number of nitrogens with zero attached hydrogens (tertiary/aromatic N) is 1. The van der Waals surface area contributed by atoms with Crippen molar-refractivity contribution < 1.29 is 19.9 Å². The Balaban J connectivity index is 2.26. The van der Waals surface area contributed by atoms with Gasteiger partial charge < -0.3 is 15.5 Å². The Morgan fingerprint density at radius 3 is 2.63 bits per heavy atom. The van der Waals surface area contributed by atoms with E-state index in [-0.39, 0.29) is 17.8 Å². The molecule has 1 fully saturated rings. The normalized spacial score (nSPS) is 16.5. The third kappa shape index (κ3) is 2.65. The highest BCUT2D eigenvalue weighted by atomic mass is 16.6. The van der Waals surface area contributed by atoms with Crippen LogP contribution in [-0.4, -0.2) is 33.3 Å². The number of hydrogen-bond donors (Lipinski definition) is 3. The molecule has 0 heterocycles. The van der Waals surface area contributed by atoms with Gasteiger partial charge in [0, 0.05) is 6.54 Å². The van der Waals surface area contributed by atoms with Crippen molar-refractivity contribution in [3.63, 3.8) is 0 Å². The molecule has 0 unspecified atom stereocenters. The van der Waals surface area contributed by atoms with Crippen molar-refractivity contribution in [2.75, 3.05) is 11.9 Å². The Hall–Kier alpha value is -2.15. The largest absolute Gasteiger partial charge is 0.477 e. The first-order chi connectivity index (χ1) is 8.93. The van der Waals surface area contributed by atoms with E-state index in [0.29, 0.717) is 12.8 Å². The van der Waals surface area contributed by atoms with E-state index in [9.17, 15) is 20.0 Å². The van der Waals surface area contributed by atoms with E-state index < -0.39 is 22.2 Å². The molecule has 1 aromatic carbocycles. The van der Waals surface area contributed by atoms with Crippen molar-refractivity contribution in [1.29, 1.82) is 0 Å². The van der Waals surface area contributed by atoms with Crippen LogP contribution in [-0.2, 0) is 0 Å². The summed E-state index contributed by atoms with van der Waals surface area (Å²) in [5.74, 6) is -1.35. The van der Waals surface area contributed by atoms with Crippen LogP contribution in [0.1, 0.15) is 29.6 Å². The minimum Gasteiger partial charge on any atom is -0.477 e. The monoisotopic (exact) mass is 266 g/mol. The predicted molar refractivity (Wildman–Crippen MR) is 67.3 cm³/mol. The average molecular weight is 266 g/mol.